The van der Waals surface area contributed by atoms with Crippen LogP contribution in [0, 0.1) is 11.8 Å². The number of anilines is 2. The SMILES string of the molecule is Nc1cc(-c2cccc3c2CNC3=O)c(C2CC2)nc1N1CCN(C(=O)C2CC2)[C@H](C2CC2)C1. The van der Waals surface area contributed by atoms with Crippen LogP contribution in [-0.2, 0) is 11.3 Å². The zero-order valence-corrected chi connectivity index (χ0v) is 19.4. The predicted octanol–water partition coefficient (Wildman–Crippen LogP) is 3.29. The molecule has 7 heteroatoms. The number of fused-ring (bicyclic) bond motifs is 1. The first-order valence-electron chi connectivity index (χ1n) is 12.8. The maximum atomic E-state index is 12.9. The molecule has 1 aromatic carbocycles. The Hall–Kier alpha value is -3.09. The Bertz CT molecular complexity index is 1200. The highest BCUT2D eigenvalue weighted by molar-refractivity contribution is 6.00. The Labute approximate surface area is 199 Å². The van der Waals surface area contributed by atoms with E-state index in [2.05, 4.69) is 27.2 Å². The highest BCUT2D eigenvalue weighted by Gasteiger charge is 2.45. The molecule has 2 amide bonds. The number of pyridine rings is 1. The van der Waals surface area contributed by atoms with E-state index in [1.54, 1.807) is 0 Å². The highest BCUT2D eigenvalue weighted by Crippen LogP contribution is 2.47. The first-order chi connectivity index (χ1) is 16.6. The maximum absolute atomic E-state index is 12.9. The molecule has 0 unspecified atom stereocenters. The first-order valence-corrected chi connectivity index (χ1v) is 12.8. The van der Waals surface area contributed by atoms with Crippen molar-refractivity contribution in [2.45, 2.75) is 57.0 Å². The molecule has 0 radical (unpaired) electrons. The van der Waals surface area contributed by atoms with Crippen molar-refractivity contribution in [3.8, 4) is 11.1 Å². The Morgan fingerprint density at radius 2 is 1.82 bits per heavy atom. The van der Waals surface area contributed by atoms with Crippen LogP contribution >= 0.6 is 0 Å². The van der Waals surface area contributed by atoms with Gasteiger partial charge in [0, 0.05) is 49.1 Å². The quantitative estimate of drug-likeness (QED) is 0.719. The monoisotopic (exact) mass is 457 g/mol. The normalized spacial score (nSPS) is 24.2. The van der Waals surface area contributed by atoms with Gasteiger partial charge in [-0.3, -0.25) is 9.59 Å². The molecule has 7 rings (SSSR count). The number of hydrogen-bond donors (Lipinski definition) is 2. The predicted molar refractivity (Wildman–Crippen MR) is 130 cm³/mol. The maximum Gasteiger partial charge on any atom is 0.251 e. The van der Waals surface area contributed by atoms with E-state index in [4.69, 9.17) is 10.7 Å². The molecule has 7 nitrogen and oxygen atoms in total. The number of rotatable bonds is 5. The second kappa shape index (κ2) is 7.45. The van der Waals surface area contributed by atoms with Crippen molar-refractivity contribution in [1.29, 1.82) is 0 Å². The van der Waals surface area contributed by atoms with Crippen LogP contribution in [0.5, 0.6) is 0 Å². The largest absolute Gasteiger partial charge is 0.396 e. The molecule has 1 saturated heterocycles. The minimum absolute atomic E-state index is 0.00731. The highest BCUT2D eigenvalue weighted by atomic mass is 16.2. The average Bonchev–Trinajstić information content (AvgIpc) is 3.69. The summed E-state index contributed by atoms with van der Waals surface area (Å²) >= 11 is 0. The molecule has 4 fully saturated rings. The van der Waals surface area contributed by atoms with Crippen molar-refractivity contribution in [3.63, 3.8) is 0 Å². The van der Waals surface area contributed by atoms with Crippen LogP contribution in [0.15, 0.2) is 24.3 Å². The molecule has 2 aliphatic heterocycles. The van der Waals surface area contributed by atoms with E-state index < -0.39 is 0 Å². The summed E-state index contributed by atoms with van der Waals surface area (Å²) in [7, 11) is 0. The number of nitrogen functional groups attached to an aromatic ring is 1. The van der Waals surface area contributed by atoms with Crippen LogP contribution in [0.1, 0.15) is 66.1 Å². The van der Waals surface area contributed by atoms with Gasteiger partial charge in [-0.1, -0.05) is 12.1 Å². The van der Waals surface area contributed by atoms with Gasteiger partial charge in [-0.15, -0.1) is 0 Å². The molecule has 3 aliphatic carbocycles. The fourth-order valence-electron chi connectivity index (χ4n) is 5.90. The van der Waals surface area contributed by atoms with Crippen molar-refractivity contribution in [2.75, 3.05) is 30.3 Å². The second-order valence-electron chi connectivity index (χ2n) is 10.8. The van der Waals surface area contributed by atoms with Crippen LogP contribution in [0.4, 0.5) is 11.5 Å². The van der Waals surface area contributed by atoms with E-state index in [0.717, 1.165) is 79.1 Å². The van der Waals surface area contributed by atoms with Crippen LogP contribution < -0.4 is 16.0 Å². The van der Waals surface area contributed by atoms with E-state index in [9.17, 15) is 9.59 Å². The van der Waals surface area contributed by atoms with Gasteiger partial charge in [-0.25, -0.2) is 4.98 Å². The smallest absolute Gasteiger partial charge is 0.251 e. The number of carbonyl (C=O) groups excluding carboxylic acids is 2. The number of aromatic nitrogens is 1. The minimum atomic E-state index is -0.00731. The van der Waals surface area contributed by atoms with Gasteiger partial charge in [0.05, 0.1) is 17.4 Å². The van der Waals surface area contributed by atoms with E-state index in [-0.39, 0.29) is 17.9 Å². The van der Waals surface area contributed by atoms with Gasteiger partial charge in [-0.05, 0) is 67.7 Å². The number of piperazine rings is 1. The zero-order chi connectivity index (χ0) is 23.0. The van der Waals surface area contributed by atoms with Crippen molar-refractivity contribution in [1.82, 2.24) is 15.2 Å². The number of benzene rings is 1. The van der Waals surface area contributed by atoms with Crippen LogP contribution in [0.2, 0.25) is 0 Å². The molecular formula is C27H31N5O2. The summed E-state index contributed by atoms with van der Waals surface area (Å²) in [6, 6.07) is 8.30. The summed E-state index contributed by atoms with van der Waals surface area (Å²) in [6.07, 6.45) is 6.83. The number of nitrogens with one attached hydrogen (secondary N) is 1. The van der Waals surface area contributed by atoms with Crippen molar-refractivity contribution < 1.29 is 9.59 Å². The lowest BCUT2D eigenvalue weighted by molar-refractivity contribution is -0.135. The van der Waals surface area contributed by atoms with E-state index >= 15 is 0 Å². The summed E-state index contributed by atoms with van der Waals surface area (Å²) in [5.41, 5.74) is 12.4. The molecular weight excluding hydrogens is 426 g/mol. The number of hydrogen-bond acceptors (Lipinski definition) is 5. The molecule has 176 valence electrons. The minimum Gasteiger partial charge on any atom is -0.396 e. The Kier molecular flexibility index (Phi) is 4.45. The summed E-state index contributed by atoms with van der Waals surface area (Å²) in [5.74, 6) is 2.57. The third-order valence-corrected chi connectivity index (χ3v) is 8.25. The molecule has 5 aliphatic rings. The molecule has 3 heterocycles. The fraction of sp³-hybridized carbons (Fsp3) is 0.519. The molecule has 34 heavy (non-hydrogen) atoms. The van der Waals surface area contributed by atoms with Gasteiger partial charge in [-0.2, -0.15) is 0 Å². The summed E-state index contributed by atoms with van der Waals surface area (Å²) in [4.78, 5) is 34.9. The van der Waals surface area contributed by atoms with Gasteiger partial charge in [0.1, 0.15) is 0 Å². The van der Waals surface area contributed by atoms with Crippen molar-refractivity contribution >= 4 is 23.3 Å². The van der Waals surface area contributed by atoms with Gasteiger partial charge in [0.2, 0.25) is 5.91 Å². The standard InChI is InChI=1S/C27H31N5O2/c28-22-12-20(18-2-1-3-19-21(18)13-29-26(19)33)24(16-6-7-16)30-25(22)31-10-11-32(27(34)17-8-9-17)23(14-31)15-4-5-15/h1-3,12,15-17,23H,4-11,13-14,28H2,(H,29,33)/t23-/m0/s1. The molecule has 3 N–H and O–H groups in total. The summed E-state index contributed by atoms with van der Waals surface area (Å²) < 4.78 is 0. The summed E-state index contributed by atoms with van der Waals surface area (Å²) in [5, 5.41) is 2.95. The van der Waals surface area contributed by atoms with Gasteiger partial charge < -0.3 is 20.9 Å². The van der Waals surface area contributed by atoms with E-state index in [0.29, 0.717) is 30.0 Å². The fourth-order valence-corrected chi connectivity index (χ4v) is 5.90. The molecule has 1 aromatic heterocycles. The van der Waals surface area contributed by atoms with Gasteiger partial charge in [0.25, 0.3) is 5.91 Å². The third kappa shape index (κ3) is 3.36. The van der Waals surface area contributed by atoms with Crippen molar-refractivity contribution in [2.24, 2.45) is 11.8 Å². The molecule has 1 atom stereocenters. The van der Waals surface area contributed by atoms with Gasteiger partial charge >= 0.3 is 0 Å². The Balaban J connectivity index is 1.24. The molecule has 3 saturated carbocycles. The van der Waals surface area contributed by atoms with Crippen LogP contribution in [0.3, 0.4) is 0 Å². The number of nitrogens with zero attached hydrogens (tertiary/aromatic N) is 3. The van der Waals surface area contributed by atoms with E-state index in [1.165, 1.54) is 12.8 Å². The third-order valence-electron chi connectivity index (χ3n) is 8.25. The molecule has 0 bridgehead atoms. The molecule has 0 spiro atoms. The van der Waals surface area contributed by atoms with E-state index in [1.807, 2.05) is 12.1 Å². The topological polar surface area (TPSA) is 91.6 Å². The lowest BCUT2D eigenvalue weighted by Crippen LogP contribution is -2.57. The van der Waals surface area contributed by atoms with Crippen LogP contribution in [0.25, 0.3) is 11.1 Å². The second-order valence-corrected chi connectivity index (χ2v) is 10.8. The van der Waals surface area contributed by atoms with Gasteiger partial charge in [0.15, 0.2) is 5.82 Å². The van der Waals surface area contributed by atoms with Crippen LogP contribution in [-0.4, -0.2) is 47.4 Å². The number of amides is 2. The number of carbonyl (C=O) groups is 2. The van der Waals surface area contributed by atoms with Crippen molar-refractivity contribution in [3.05, 3.63) is 41.1 Å². The number of nitrogens with two attached hydrogens (primary N) is 1. The lowest BCUT2D eigenvalue weighted by Gasteiger charge is -2.43. The summed E-state index contributed by atoms with van der Waals surface area (Å²) in [6.45, 7) is 2.92. The first kappa shape index (κ1) is 20.3. The lowest BCUT2D eigenvalue weighted by atomic mass is 9.94. The Morgan fingerprint density at radius 1 is 1.03 bits per heavy atom. The zero-order valence-electron chi connectivity index (χ0n) is 19.4. The molecule has 2 aromatic rings. The Morgan fingerprint density at radius 3 is 2.56 bits per heavy atom. The average molecular weight is 458 g/mol.